The van der Waals surface area contributed by atoms with Crippen molar-refractivity contribution in [3.8, 4) is 0 Å². The molecule has 1 amide bonds. The smallest absolute Gasteiger partial charge is 0.345 e. The summed E-state index contributed by atoms with van der Waals surface area (Å²) < 4.78 is 5.68. The van der Waals surface area contributed by atoms with Gasteiger partial charge in [-0.1, -0.05) is 6.58 Å². The van der Waals surface area contributed by atoms with E-state index in [1.54, 1.807) is 0 Å². The molecule has 0 saturated carbocycles. The zero-order chi connectivity index (χ0) is 12.8. The lowest BCUT2D eigenvalue weighted by molar-refractivity contribution is -0.138. The molecule has 0 spiro atoms. The third-order valence-electron chi connectivity index (χ3n) is 1.73. The van der Waals surface area contributed by atoms with Crippen LogP contribution in [0.1, 0.15) is 6.92 Å². The predicted octanol–water partition coefficient (Wildman–Crippen LogP) is -0.463. The number of nitrogens with zero attached hydrogens (tertiary/aromatic N) is 3. The third kappa shape index (κ3) is 3.59. The molecule has 0 aliphatic carbocycles. The van der Waals surface area contributed by atoms with Crippen molar-refractivity contribution in [2.45, 2.75) is 6.92 Å². The summed E-state index contributed by atoms with van der Waals surface area (Å²) in [7, 11) is 0. The molecule has 17 heavy (non-hydrogen) atoms. The molecule has 0 aromatic carbocycles. The van der Waals surface area contributed by atoms with E-state index in [9.17, 15) is 9.59 Å². The maximum atomic E-state index is 11.4. The number of aromatic nitrogens is 3. The second-order valence-electron chi connectivity index (χ2n) is 3.18. The largest absolute Gasteiger partial charge is 0.460 e. The molecule has 0 atom stereocenters. The van der Waals surface area contributed by atoms with Crippen molar-refractivity contribution < 1.29 is 14.3 Å². The minimum atomic E-state index is -0.536. The molecule has 3 N–H and O–H groups in total. The van der Waals surface area contributed by atoms with Crippen LogP contribution in [0, 0.1) is 0 Å². The van der Waals surface area contributed by atoms with Crippen LogP contribution >= 0.6 is 0 Å². The summed E-state index contributed by atoms with van der Waals surface area (Å²) in [5.41, 5.74) is 5.67. The molecule has 0 bridgehead atoms. The Morgan fingerprint density at radius 2 is 2.35 bits per heavy atom. The molecule has 0 aliphatic rings. The van der Waals surface area contributed by atoms with Gasteiger partial charge in [-0.25, -0.2) is 9.59 Å². The summed E-state index contributed by atoms with van der Waals surface area (Å²) in [4.78, 5) is 26.0. The van der Waals surface area contributed by atoms with Gasteiger partial charge in [-0.3, -0.25) is 0 Å². The average molecular weight is 239 g/mol. The number of carbonyl (C=O) groups is 2. The highest BCUT2D eigenvalue weighted by Gasteiger charge is 2.09. The number of rotatable bonds is 4. The van der Waals surface area contributed by atoms with Gasteiger partial charge in [0.2, 0.25) is 5.95 Å². The molecule has 8 heteroatoms. The van der Waals surface area contributed by atoms with Crippen molar-refractivity contribution >= 4 is 17.9 Å². The Morgan fingerprint density at radius 3 is 2.88 bits per heavy atom. The second kappa shape index (κ2) is 5.64. The molecule has 1 heterocycles. The van der Waals surface area contributed by atoms with Crippen molar-refractivity contribution in [2.24, 2.45) is 0 Å². The first kappa shape index (κ1) is 12.7. The number of nitrogen functional groups attached to an aromatic ring is 1. The lowest BCUT2D eigenvalue weighted by Gasteiger charge is -2.06. The van der Waals surface area contributed by atoms with E-state index in [1.165, 1.54) is 6.92 Å². The van der Waals surface area contributed by atoms with E-state index in [1.807, 2.05) is 0 Å². The molecule has 1 aromatic heterocycles. The fourth-order valence-electron chi connectivity index (χ4n) is 0.907. The van der Waals surface area contributed by atoms with E-state index in [0.29, 0.717) is 5.57 Å². The second-order valence-corrected chi connectivity index (χ2v) is 3.18. The van der Waals surface area contributed by atoms with Crippen LogP contribution < -0.4 is 11.1 Å². The van der Waals surface area contributed by atoms with Crippen LogP contribution in [0.5, 0.6) is 0 Å². The number of anilines is 1. The van der Waals surface area contributed by atoms with Crippen molar-refractivity contribution in [2.75, 3.05) is 18.9 Å². The van der Waals surface area contributed by atoms with Crippen molar-refractivity contribution in [3.63, 3.8) is 0 Å². The van der Waals surface area contributed by atoms with Gasteiger partial charge in [0.05, 0.1) is 6.54 Å². The highest BCUT2D eigenvalue weighted by molar-refractivity contribution is 5.86. The molecule has 0 aliphatic heterocycles. The van der Waals surface area contributed by atoms with Crippen LogP contribution in [-0.4, -0.2) is 39.9 Å². The van der Waals surface area contributed by atoms with Gasteiger partial charge in [0, 0.05) is 5.57 Å². The molecule has 8 nitrogen and oxygen atoms in total. The van der Waals surface area contributed by atoms with Crippen LogP contribution in [0.15, 0.2) is 18.5 Å². The lowest BCUT2D eigenvalue weighted by Crippen LogP contribution is -2.33. The number of nitrogens with two attached hydrogens (primary N) is 1. The summed E-state index contributed by atoms with van der Waals surface area (Å²) in [6.07, 6.45) is 1.16. The predicted molar refractivity (Wildman–Crippen MR) is 59.0 cm³/mol. The number of carbonyl (C=O) groups excluding carboxylic acids is 2. The minimum absolute atomic E-state index is 0.0126. The molecule has 0 radical (unpaired) electrons. The van der Waals surface area contributed by atoms with Gasteiger partial charge >= 0.3 is 12.0 Å². The number of nitrogens with one attached hydrogen (secondary N) is 1. The highest BCUT2D eigenvalue weighted by atomic mass is 16.5. The normalized spacial score (nSPS) is 9.71. The van der Waals surface area contributed by atoms with Gasteiger partial charge in [-0.15, -0.1) is 9.78 Å². The monoisotopic (exact) mass is 239 g/mol. The van der Waals surface area contributed by atoms with Gasteiger partial charge in [0.1, 0.15) is 12.9 Å². The minimum Gasteiger partial charge on any atom is -0.460 e. The van der Waals surface area contributed by atoms with E-state index in [2.05, 4.69) is 22.0 Å². The van der Waals surface area contributed by atoms with E-state index in [-0.39, 0.29) is 19.1 Å². The maximum absolute atomic E-state index is 11.4. The fraction of sp³-hybridized carbons (Fsp3) is 0.333. The summed E-state index contributed by atoms with van der Waals surface area (Å²) in [6.45, 7) is 5.16. The standard InChI is InChI=1S/C9H13N5O3/c1-6(2)7(15)17-4-3-11-9(16)14-8(10)12-5-13-14/h5H,1,3-4H2,2H3,(H,11,16)(H2,10,12,13). The fourth-order valence-corrected chi connectivity index (χ4v) is 0.907. The van der Waals surface area contributed by atoms with E-state index in [4.69, 9.17) is 10.5 Å². The van der Waals surface area contributed by atoms with Gasteiger partial charge in [0.15, 0.2) is 0 Å². The number of hydrogen-bond acceptors (Lipinski definition) is 6. The Hall–Kier alpha value is -2.38. The highest BCUT2D eigenvalue weighted by Crippen LogP contribution is 1.93. The molecular weight excluding hydrogens is 226 g/mol. The Bertz CT molecular complexity index is 440. The third-order valence-corrected chi connectivity index (χ3v) is 1.73. The van der Waals surface area contributed by atoms with Crippen LogP contribution in [0.25, 0.3) is 0 Å². The quantitative estimate of drug-likeness (QED) is 0.417. The first-order chi connectivity index (χ1) is 8.02. The molecular formula is C9H13N5O3. The molecule has 0 fully saturated rings. The van der Waals surface area contributed by atoms with Crippen LogP contribution in [-0.2, 0) is 9.53 Å². The molecule has 0 saturated heterocycles. The molecule has 1 aromatic rings. The maximum Gasteiger partial charge on any atom is 0.345 e. The average Bonchev–Trinajstić information content (AvgIpc) is 2.70. The number of amides is 1. The van der Waals surface area contributed by atoms with Crippen LogP contribution in [0.3, 0.4) is 0 Å². The number of esters is 1. The SMILES string of the molecule is C=C(C)C(=O)OCCNC(=O)n1ncnc1N. The summed E-state index contributed by atoms with van der Waals surface area (Å²) in [5, 5.41) is 6.06. The van der Waals surface area contributed by atoms with Crippen LogP contribution in [0.4, 0.5) is 10.7 Å². The van der Waals surface area contributed by atoms with Crippen molar-refractivity contribution in [3.05, 3.63) is 18.5 Å². The molecule has 1 rings (SSSR count). The topological polar surface area (TPSA) is 112 Å². The summed E-state index contributed by atoms with van der Waals surface area (Å²) in [6, 6.07) is -0.536. The van der Waals surface area contributed by atoms with E-state index in [0.717, 1.165) is 11.0 Å². The first-order valence-corrected chi connectivity index (χ1v) is 4.78. The summed E-state index contributed by atoms with van der Waals surface area (Å²) in [5.74, 6) is -0.513. The van der Waals surface area contributed by atoms with Gasteiger partial charge in [-0.2, -0.15) is 4.98 Å². The Morgan fingerprint density at radius 1 is 1.65 bits per heavy atom. The molecule has 0 unspecified atom stereocenters. The summed E-state index contributed by atoms with van der Waals surface area (Å²) >= 11 is 0. The van der Waals surface area contributed by atoms with Crippen molar-refractivity contribution in [1.29, 1.82) is 0 Å². The van der Waals surface area contributed by atoms with Gasteiger partial charge in [-0.05, 0) is 6.92 Å². The Kier molecular flexibility index (Phi) is 4.21. The lowest BCUT2D eigenvalue weighted by atomic mass is 10.4. The molecule has 92 valence electrons. The van der Waals surface area contributed by atoms with Gasteiger partial charge in [0.25, 0.3) is 0 Å². The van der Waals surface area contributed by atoms with Crippen molar-refractivity contribution in [1.82, 2.24) is 20.1 Å². The Balaban J connectivity index is 2.28. The zero-order valence-electron chi connectivity index (χ0n) is 9.34. The van der Waals surface area contributed by atoms with E-state index < -0.39 is 12.0 Å². The Labute approximate surface area is 97.4 Å². The first-order valence-electron chi connectivity index (χ1n) is 4.78. The number of ether oxygens (including phenoxy) is 1. The zero-order valence-corrected chi connectivity index (χ0v) is 9.34. The number of hydrogen-bond donors (Lipinski definition) is 2. The van der Waals surface area contributed by atoms with E-state index >= 15 is 0 Å². The van der Waals surface area contributed by atoms with Crippen LogP contribution in [0.2, 0.25) is 0 Å². The van der Waals surface area contributed by atoms with Gasteiger partial charge < -0.3 is 15.8 Å².